The van der Waals surface area contributed by atoms with Gasteiger partial charge in [0.2, 0.25) is 3.79 Å². The number of carbonyl (C=O) groups is 2. The van der Waals surface area contributed by atoms with E-state index in [-0.39, 0.29) is 11.8 Å². The highest BCUT2D eigenvalue weighted by Crippen LogP contribution is 2.37. The number of alkyl halides is 3. The molecule has 9 nitrogen and oxygen atoms in total. The Bertz CT molecular complexity index is 1970. The van der Waals surface area contributed by atoms with Crippen LogP contribution in [0, 0.1) is 6.92 Å². The molecular formula is C34H30Cl4N6O3S. The third-order valence-corrected chi connectivity index (χ3v) is 8.76. The van der Waals surface area contributed by atoms with Crippen molar-refractivity contribution in [1.82, 2.24) is 15.0 Å². The molecule has 0 aliphatic rings. The lowest BCUT2D eigenvalue weighted by Gasteiger charge is -2.21. The molecule has 0 spiro atoms. The molecule has 2 N–H and O–H groups in total. The monoisotopic (exact) mass is 742 g/mol. The fraction of sp³-hybridized carbons (Fsp3) is 0.206. The van der Waals surface area contributed by atoms with Crippen molar-refractivity contribution in [2.24, 2.45) is 0 Å². The molecule has 0 atom stereocenters. The summed E-state index contributed by atoms with van der Waals surface area (Å²) in [5.41, 5.74) is 4.72. The lowest BCUT2D eigenvalue weighted by molar-refractivity contribution is 0.0992. The van der Waals surface area contributed by atoms with Crippen LogP contribution in [0.25, 0.3) is 11.0 Å². The Labute approximate surface area is 302 Å². The van der Waals surface area contributed by atoms with E-state index in [2.05, 4.69) is 34.4 Å². The fourth-order valence-corrected chi connectivity index (χ4v) is 5.96. The number of ether oxygens (including phenoxy) is 1. The predicted octanol–water partition coefficient (Wildman–Crippen LogP) is 10.2. The zero-order valence-electron chi connectivity index (χ0n) is 26.2. The van der Waals surface area contributed by atoms with Gasteiger partial charge in [0.1, 0.15) is 18.8 Å². The number of fused-ring (bicyclic) bond motifs is 1. The second-order valence-corrected chi connectivity index (χ2v) is 15.1. The normalized spacial score (nSPS) is 11.4. The van der Waals surface area contributed by atoms with Crippen LogP contribution in [0.15, 0.2) is 88.9 Å². The van der Waals surface area contributed by atoms with Gasteiger partial charge >= 0.3 is 6.09 Å². The summed E-state index contributed by atoms with van der Waals surface area (Å²) in [7, 11) is 1.73. The van der Waals surface area contributed by atoms with Crippen LogP contribution in [0.3, 0.4) is 0 Å². The number of nitrogens with zero attached hydrogens (tertiary/aromatic N) is 4. The van der Waals surface area contributed by atoms with Crippen molar-refractivity contribution in [1.29, 1.82) is 0 Å². The number of carbonyl (C=O) groups excluding carboxylic acids is 2. The van der Waals surface area contributed by atoms with Crippen LogP contribution in [0.4, 0.5) is 27.7 Å². The minimum atomic E-state index is -1.71. The molecule has 2 aromatic heterocycles. The van der Waals surface area contributed by atoms with Gasteiger partial charge in [0.25, 0.3) is 5.91 Å². The van der Waals surface area contributed by atoms with Gasteiger partial charge in [-0.05, 0) is 91.2 Å². The number of halogens is 4. The highest BCUT2D eigenvalue weighted by molar-refractivity contribution is 7.99. The maximum absolute atomic E-state index is 13.8. The van der Waals surface area contributed by atoms with Gasteiger partial charge in [-0.2, -0.15) is 0 Å². The first-order chi connectivity index (χ1) is 22.8. The van der Waals surface area contributed by atoms with Gasteiger partial charge in [-0.1, -0.05) is 72.0 Å². The molecule has 5 rings (SSSR count). The lowest BCUT2D eigenvalue weighted by Crippen LogP contribution is -2.27. The molecule has 248 valence electrons. The number of anilines is 4. The third kappa shape index (κ3) is 9.00. The smallest absolute Gasteiger partial charge is 0.411 e. The van der Waals surface area contributed by atoms with E-state index in [1.807, 2.05) is 49.4 Å². The summed E-state index contributed by atoms with van der Waals surface area (Å²) in [6, 6.07) is 21.9. The minimum absolute atomic E-state index is 0.201. The average molecular weight is 745 g/mol. The van der Waals surface area contributed by atoms with E-state index in [9.17, 15) is 9.59 Å². The Morgan fingerprint density at radius 3 is 2.42 bits per heavy atom. The number of pyridine rings is 1. The van der Waals surface area contributed by atoms with Crippen molar-refractivity contribution in [2.75, 3.05) is 29.2 Å². The first kappa shape index (κ1) is 35.5. The molecule has 2 amide bonds. The Hall–Kier alpha value is -3.80. The number of aryl methyl sites for hydroxylation is 1. The van der Waals surface area contributed by atoms with Crippen molar-refractivity contribution in [3.8, 4) is 0 Å². The third-order valence-electron chi connectivity index (χ3n) is 7.11. The van der Waals surface area contributed by atoms with Crippen molar-refractivity contribution < 1.29 is 14.3 Å². The average Bonchev–Trinajstić information content (AvgIpc) is 3.04. The number of hydrogen-bond donors (Lipinski definition) is 2. The molecule has 0 fully saturated rings. The first-order valence-corrected chi connectivity index (χ1v) is 17.0. The van der Waals surface area contributed by atoms with Gasteiger partial charge in [-0.25, -0.2) is 19.7 Å². The van der Waals surface area contributed by atoms with Crippen LogP contribution in [0.1, 0.15) is 41.4 Å². The molecule has 3 aromatic carbocycles. The molecule has 14 heteroatoms. The summed E-state index contributed by atoms with van der Waals surface area (Å²) in [5, 5.41) is 7.37. The molecule has 5 aromatic rings. The maximum atomic E-state index is 13.8. The molecule has 48 heavy (non-hydrogen) atoms. The summed E-state index contributed by atoms with van der Waals surface area (Å²) in [6.07, 6.45) is 0.712. The highest BCUT2D eigenvalue weighted by atomic mass is 35.6. The maximum Gasteiger partial charge on any atom is 0.411 e. The molecule has 2 heterocycles. The van der Waals surface area contributed by atoms with E-state index in [1.165, 1.54) is 18.1 Å². The van der Waals surface area contributed by atoms with Crippen LogP contribution in [-0.2, 0) is 4.74 Å². The Balaban J connectivity index is 1.45. The SMILES string of the molecule is Cc1cc(Cl)ccc1N(C)C(=O)c1ccc(Sc2ccc(NC(=O)OCC(Cl)(Cl)Cl)cc2)c(Nc2ncnc3nc(C(C)C)ccc23)c1. The van der Waals surface area contributed by atoms with Gasteiger partial charge in [0.05, 0.1) is 11.1 Å². The standard InChI is InChI=1S/C34H30Cl4N6O3S/c1-19(2)26-12-11-25-30(42-26)39-18-40-31(25)43-27-16-21(32(45)44(4)28-13-6-22(35)15-20(28)3)5-14-29(27)48-24-9-7-23(8-10-24)41-33(46)47-17-34(36,37)38/h5-16,18-19H,17H2,1-4H3,(H,41,46)(H,39,40,42,43). The topological polar surface area (TPSA) is 109 Å². The number of nitrogens with one attached hydrogen (secondary N) is 2. The van der Waals surface area contributed by atoms with Crippen LogP contribution in [0.5, 0.6) is 0 Å². The summed E-state index contributed by atoms with van der Waals surface area (Å²) >= 11 is 24.6. The first-order valence-electron chi connectivity index (χ1n) is 14.6. The van der Waals surface area contributed by atoms with E-state index < -0.39 is 16.5 Å². The van der Waals surface area contributed by atoms with Crippen molar-refractivity contribution in [3.63, 3.8) is 0 Å². The van der Waals surface area contributed by atoms with E-state index in [0.29, 0.717) is 33.4 Å². The van der Waals surface area contributed by atoms with Crippen molar-refractivity contribution in [3.05, 3.63) is 101 Å². The number of aromatic nitrogens is 3. The van der Waals surface area contributed by atoms with Crippen LogP contribution in [-0.4, -0.2) is 44.4 Å². The number of rotatable bonds is 9. The number of benzene rings is 3. The number of amides is 2. The Morgan fingerprint density at radius 2 is 1.73 bits per heavy atom. The van der Waals surface area contributed by atoms with E-state index in [4.69, 9.17) is 56.1 Å². The van der Waals surface area contributed by atoms with Crippen molar-refractivity contribution in [2.45, 2.75) is 40.3 Å². The van der Waals surface area contributed by atoms with Crippen LogP contribution >= 0.6 is 58.2 Å². The van der Waals surface area contributed by atoms with E-state index >= 15 is 0 Å². The van der Waals surface area contributed by atoms with Gasteiger partial charge in [-0.3, -0.25) is 10.1 Å². The van der Waals surface area contributed by atoms with E-state index in [0.717, 1.165) is 32.1 Å². The number of hydrogen-bond acceptors (Lipinski definition) is 8. The summed E-state index contributed by atoms with van der Waals surface area (Å²) in [4.78, 5) is 42.7. The highest BCUT2D eigenvalue weighted by Gasteiger charge is 2.22. The minimum Gasteiger partial charge on any atom is -0.445 e. The lowest BCUT2D eigenvalue weighted by atomic mass is 10.1. The molecule has 0 bridgehead atoms. The molecular weight excluding hydrogens is 714 g/mol. The fourth-order valence-electron chi connectivity index (χ4n) is 4.69. The molecule has 0 aliphatic heterocycles. The second-order valence-electron chi connectivity index (χ2n) is 11.1. The van der Waals surface area contributed by atoms with Crippen molar-refractivity contribution >= 4 is 104 Å². The zero-order chi connectivity index (χ0) is 34.6. The molecule has 0 saturated carbocycles. The van der Waals surface area contributed by atoms with E-state index in [1.54, 1.807) is 42.3 Å². The quantitative estimate of drug-likeness (QED) is 0.144. The van der Waals surface area contributed by atoms with Gasteiger partial charge < -0.3 is 15.0 Å². The van der Waals surface area contributed by atoms with Gasteiger partial charge in [-0.15, -0.1) is 0 Å². The van der Waals surface area contributed by atoms with Gasteiger partial charge in [0, 0.05) is 44.5 Å². The largest absolute Gasteiger partial charge is 0.445 e. The predicted molar refractivity (Wildman–Crippen MR) is 196 cm³/mol. The summed E-state index contributed by atoms with van der Waals surface area (Å²) in [6.45, 7) is 5.66. The molecule has 0 radical (unpaired) electrons. The molecule has 0 aliphatic carbocycles. The zero-order valence-corrected chi connectivity index (χ0v) is 30.1. The molecule has 0 saturated heterocycles. The Morgan fingerprint density at radius 1 is 0.979 bits per heavy atom. The Kier molecular flexibility index (Phi) is 11.2. The van der Waals surface area contributed by atoms with Crippen LogP contribution < -0.4 is 15.5 Å². The summed E-state index contributed by atoms with van der Waals surface area (Å²) < 4.78 is 3.22. The second kappa shape index (κ2) is 15.2. The van der Waals surface area contributed by atoms with Gasteiger partial charge in [0.15, 0.2) is 5.65 Å². The van der Waals surface area contributed by atoms with Crippen LogP contribution in [0.2, 0.25) is 5.02 Å². The molecule has 0 unspecified atom stereocenters. The summed E-state index contributed by atoms with van der Waals surface area (Å²) in [5.74, 6) is 0.582.